The first-order valence-corrected chi connectivity index (χ1v) is 7.91. The molecule has 0 bridgehead atoms. The molecule has 110 valence electrons. The molecule has 5 nitrogen and oxygen atoms in total. The number of rotatable bonds is 8. The topological polar surface area (TPSA) is 61.3 Å². The van der Waals surface area contributed by atoms with Crippen molar-refractivity contribution < 1.29 is 5.11 Å². The molecule has 0 saturated heterocycles. The highest BCUT2D eigenvalue weighted by Crippen LogP contribution is 2.24. The SMILES string of the molecule is CCCCN(CCO)Cc1nc(NC)c2ccsc2n1. The zero-order valence-electron chi connectivity index (χ0n) is 12.1. The second-order valence-corrected chi connectivity index (χ2v) is 5.63. The fraction of sp³-hybridized carbons (Fsp3) is 0.571. The minimum absolute atomic E-state index is 0.170. The Bertz CT molecular complexity index is 543. The van der Waals surface area contributed by atoms with Crippen molar-refractivity contribution in [2.24, 2.45) is 0 Å². The summed E-state index contributed by atoms with van der Waals surface area (Å²) in [6.45, 7) is 4.66. The molecular formula is C14H22N4OS. The van der Waals surface area contributed by atoms with E-state index in [0.29, 0.717) is 13.1 Å². The minimum Gasteiger partial charge on any atom is -0.395 e. The van der Waals surface area contributed by atoms with E-state index in [2.05, 4.69) is 27.1 Å². The van der Waals surface area contributed by atoms with E-state index in [1.54, 1.807) is 11.3 Å². The molecule has 0 saturated carbocycles. The number of fused-ring (bicyclic) bond motifs is 1. The van der Waals surface area contributed by atoms with Gasteiger partial charge in [-0.1, -0.05) is 13.3 Å². The third-order valence-electron chi connectivity index (χ3n) is 3.22. The van der Waals surface area contributed by atoms with Gasteiger partial charge in [0, 0.05) is 13.6 Å². The van der Waals surface area contributed by atoms with E-state index in [9.17, 15) is 0 Å². The average Bonchev–Trinajstić information content (AvgIpc) is 2.92. The zero-order valence-corrected chi connectivity index (χ0v) is 12.9. The average molecular weight is 294 g/mol. The van der Waals surface area contributed by atoms with Gasteiger partial charge in [-0.15, -0.1) is 11.3 Å². The summed E-state index contributed by atoms with van der Waals surface area (Å²) in [6.07, 6.45) is 2.27. The van der Waals surface area contributed by atoms with E-state index in [1.165, 1.54) is 0 Å². The lowest BCUT2D eigenvalue weighted by atomic mass is 10.3. The molecule has 2 aromatic rings. The molecule has 0 fully saturated rings. The maximum atomic E-state index is 9.16. The summed E-state index contributed by atoms with van der Waals surface area (Å²) < 4.78 is 0. The first kappa shape index (κ1) is 15.2. The Morgan fingerprint density at radius 2 is 2.20 bits per heavy atom. The van der Waals surface area contributed by atoms with Gasteiger partial charge in [-0.05, 0) is 24.4 Å². The number of nitrogens with zero attached hydrogens (tertiary/aromatic N) is 3. The van der Waals surface area contributed by atoms with Gasteiger partial charge in [0.2, 0.25) is 0 Å². The standard InChI is InChI=1S/C14H22N4OS/c1-3-4-6-18(7-8-19)10-12-16-13(15-2)11-5-9-20-14(11)17-12/h5,9,19H,3-4,6-8,10H2,1-2H3,(H,15,16,17). The van der Waals surface area contributed by atoms with Crippen LogP contribution in [0.1, 0.15) is 25.6 Å². The van der Waals surface area contributed by atoms with Crippen molar-refractivity contribution in [2.75, 3.05) is 32.1 Å². The highest BCUT2D eigenvalue weighted by atomic mass is 32.1. The molecule has 2 N–H and O–H groups in total. The largest absolute Gasteiger partial charge is 0.395 e. The Kier molecular flexibility index (Phi) is 5.70. The Hall–Kier alpha value is -1.24. The summed E-state index contributed by atoms with van der Waals surface area (Å²) in [7, 11) is 1.88. The monoisotopic (exact) mass is 294 g/mol. The van der Waals surface area contributed by atoms with Crippen LogP contribution in [0.4, 0.5) is 5.82 Å². The number of aromatic nitrogens is 2. The van der Waals surface area contributed by atoms with Gasteiger partial charge in [-0.3, -0.25) is 4.90 Å². The summed E-state index contributed by atoms with van der Waals surface area (Å²) in [5.41, 5.74) is 0. The Morgan fingerprint density at radius 3 is 2.90 bits per heavy atom. The predicted molar refractivity (Wildman–Crippen MR) is 84.2 cm³/mol. The van der Waals surface area contributed by atoms with Crippen LogP contribution in [0.15, 0.2) is 11.4 Å². The van der Waals surface area contributed by atoms with Crippen LogP contribution in [0.5, 0.6) is 0 Å². The van der Waals surface area contributed by atoms with Gasteiger partial charge in [0.15, 0.2) is 0 Å². The molecule has 2 rings (SSSR count). The third kappa shape index (κ3) is 3.65. The molecule has 0 aliphatic heterocycles. The molecule has 0 amide bonds. The van der Waals surface area contributed by atoms with E-state index < -0.39 is 0 Å². The Labute approximate surface area is 123 Å². The minimum atomic E-state index is 0.170. The number of unbranched alkanes of at least 4 members (excludes halogenated alkanes) is 1. The van der Waals surface area contributed by atoms with E-state index >= 15 is 0 Å². The molecule has 0 unspecified atom stereocenters. The molecule has 0 atom stereocenters. The van der Waals surface area contributed by atoms with Gasteiger partial charge in [0.05, 0.1) is 18.5 Å². The van der Waals surface area contributed by atoms with Crippen molar-refractivity contribution >= 4 is 27.4 Å². The van der Waals surface area contributed by atoms with Crippen LogP contribution >= 0.6 is 11.3 Å². The number of hydrogen-bond donors (Lipinski definition) is 2. The van der Waals surface area contributed by atoms with Crippen LogP contribution in [-0.4, -0.2) is 46.7 Å². The maximum absolute atomic E-state index is 9.16. The summed E-state index contributed by atoms with van der Waals surface area (Å²) in [4.78, 5) is 12.4. The molecule has 0 aromatic carbocycles. The third-order valence-corrected chi connectivity index (χ3v) is 4.02. The van der Waals surface area contributed by atoms with Gasteiger partial charge < -0.3 is 10.4 Å². The molecule has 2 aromatic heterocycles. The highest BCUT2D eigenvalue weighted by Gasteiger charge is 2.11. The molecule has 2 heterocycles. The van der Waals surface area contributed by atoms with Crippen LogP contribution in [0.25, 0.3) is 10.2 Å². The summed E-state index contributed by atoms with van der Waals surface area (Å²) in [5.74, 6) is 1.69. The second kappa shape index (κ2) is 7.52. The molecular weight excluding hydrogens is 272 g/mol. The number of nitrogens with one attached hydrogen (secondary N) is 1. The van der Waals surface area contributed by atoms with Crippen LogP contribution in [0, 0.1) is 0 Å². The van der Waals surface area contributed by atoms with Crippen molar-refractivity contribution in [1.29, 1.82) is 0 Å². The van der Waals surface area contributed by atoms with Gasteiger partial charge in [-0.2, -0.15) is 0 Å². The van der Waals surface area contributed by atoms with Crippen molar-refractivity contribution in [3.63, 3.8) is 0 Å². The summed E-state index contributed by atoms with van der Waals surface area (Å²) in [5, 5.41) is 15.4. The van der Waals surface area contributed by atoms with Crippen LogP contribution in [0.2, 0.25) is 0 Å². The quantitative estimate of drug-likeness (QED) is 0.782. The first-order chi connectivity index (χ1) is 9.78. The van der Waals surface area contributed by atoms with Crippen molar-refractivity contribution in [2.45, 2.75) is 26.3 Å². The number of aliphatic hydroxyl groups is 1. The lowest BCUT2D eigenvalue weighted by molar-refractivity contribution is 0.185. The van der Waals surface area contributed by atoms with Gasteiger partial charge >= 0.3 is 0 Å². The Balaban J connectivity index is 2.17. The zero-order chi connectivity index (χ0) is 14.4. The number of thiophene rings is 1. The molecule has 6 heteroatoms. The normalized spacial score (nSPS) is 11.4. The Morgan fingerprint density at radius 1 is 1.35 bits per heavy atom. The fourth-order valence-corrected chi connectivity index (χ4v) is 2.94. The van der Waals surface area contributed by atoms with Gasteiger partial charge in [-0.25, -0.2) is 9.97 Å². The first-order valence-electron chi connectivity index (χ1n) is 7.03. The second-order valence-electron chi connectivity index (χ2n) is 4.73. The maximum Gasteiger partial charge on any atom is 0.146 e. The summed E-state index contributed by atoms with van der Waals surface area (Å²) >= 11 is 1.63. The van der Waals surface area contributed by atoms with Crippen LogP contribution < -0.4 is 5.32 Å². The smallest absolute Gasteiger partial charge is 0.146 e. The lowest BCUT2D eigenvalue weighted by Crippen LogP contribution is -2.28. The van der Waals surface area contributed by atoms with Crippen molar-refractivity contribution in [3.8, 4) is 0 Å². The predicted octanol–water partition coefficient (Wildman–Crippen LogP) is 2.33. The molecule has 0 radical (unpaired) electrons. The number of hydrogen-bond acceptors (Lipinski definition) is 6. The molecule has 20 heavy (non-hydrogen) atoms. The van der Waals surface area contributed by atoms with Crippen LogP contribution in [0.3, 0.4) is 0 Å². The molecule has 0 aliphatic rings. The van der Waals surface area contributed by atoms with E-state index in [0.717, 1.165) is 41.2 Å². The van der Waals surface area contributed by atoms with Crippen molar-refractivity contribution in [1.82, 2.24) is 14.9 Å². The van der Waals surface area contributed by atoms with Crippen LogP contribution in [-0.2, 0) is 6.54 Å². The van der Waals surface area contributed by atoms with Gasteiger partial charge in [0.25, 0.3) is 0 Å². The number of anilines is 1. The highest BCUT2D eigenvalue weighted by molar-refractivity contribution is 7.16. The summed E-state index contributed by atoms with van der Waals surface area (Å²) in [6, 6.07) is 2.04. The van der Waals surface area contributed by atoms with Gasteiger partial charge in [0.1, 0.15) is 16.5 Å². The van der Waals surface area contributed by atoms with E-state index in [1.807, 2.05) is 18.5 Å². The van der Waals surface area contributed by atoms with E-state index in [-0.39, 0.29) is 6.61 Å². The van der Waals surface area contributed by atoms with Crippen molar-refractivity contribution in [3.05, 3.63) is 17.3 Å². The molecule has 0 spiro atoms. The lowest BCUT2D eigenvalue weighted by Gasteiger charge is -2.20. The molecule has 0 aliphatic carbocycles. The number of aliphatic hydroxyl groups excluding tert-OH is 1. The fourth-order valence-electron chi connectivity index (χ4n) is 2.15. The van der Waals surface area contributed by atoms with E-state index in [4.69, 9.17) is 5.11 Å².